The molecule has 2 rings (SSSR count). The van der Waals surface area contributed by atoms with Crippen LogP contribution in [0.2, 0.25) is 0 Å². The van der Waals surface area contributed by atoms with Crippen LogP contribution >= 0.6 is 0 Å². The van der Waals surface area contributed by atoms with E-state index in [9.17, 15) is 0 Å². The van der Waals surface area contributed by atoms with E-state index in [0.29, 0.717) is 17.2 Å². The average molecular weight is 168 g/mol. The molecule has 64 valence electrons. The van der Waals surface area contributed by atoms with Gasteiger partial charge in [0.1, 0.15) is 12.6 Å². The van der Waals surface area contributed by atoms with Crippen molar-refractivity contribution in [2.75, 3.05) is 18.6 Å². The molecule has 2 heterocycles. The van der Waals surface area contributed by atoms with E-state index in [4.69, 9.17) is 16.3 Å². The van der Waals surface area contributed by atoms with Crippen LogP contribution in [0.5, 0.6) is 0 Å². The van der Waals surface area contributed by atoms with Gasteiger partial charge < -0.3 is 16.3 Å². The minimum absolute atomic E-state index is 0.331. The molecule has 0 bridgehead atoms. The van der Waals surface area contributed by atoms with Gasteiger partial charge in [-0.3, -0.25) is 0 Å². The molecule has 0 spiro atoms. The molecular formula is C5H8N6O. The first kappa shape index (κ1) is 6.77. The Labute approximate surface area is 67.4 Å². The van der Waals surface area contributed by atoms with Gasteiger partial charge in [0.2, 0.25) is 0 Å². The molecular weight excluding hydrogens is 160 g/mol. The van der Waals surface area contributed by atoms with E-state index in [1.807, 2.05) is 0 Å². The second-order valence-corrected chi connectivity index (χ2v) is 2.27. The van der Waals surface area contributed by atoms with Crippen LogP contribution in [-0.4, -0.2) is 26.9 Å². The fraction of sp³-hybridized carbons (Fsp3) is 0.200. The molecule has 0 aliphatic rings. The highest BCUT2D eigenvalue weighted by molar-refractivity contribution is 5.67. The summed E-state index contributed by atoms with van der Waals surface area (Å²) in [5.74, 6) is 0.756. The fourth-order valence-electron chi connectivity index (χ4n) is 1.05. The van der Waals surface area contributed by atoms with Gasteiger partial charge in [-0.2, -0.15) is 0 Å². The number of nitrogen functional groups attached to an aromatic ring is 2. The molecule has 0 aromatic carbocycles. The third kappa shape index (κ3) is 0.644. The van der Waals surface area contributed by atoms with Gasteiger partial charge in [0, 0.05) is 6.07 Å². The first-order valence-electron chi connectivity index (χ1n) is 3.27. The number of hydrogen-bond acceptors (Lipinski definition) is 5. The molecule has 7 nitrogen and oxygen atoms in total. The van der Waals surface area contributed by atoms with Crippen LogP contribution in [0, 0.1) is 0 Å². The lowest BCUT2D eigenvalue weighted by molar-refractivity contribution is 0.119. The van der Waals surface area contributed by atoms with Crippen LogP contribution in [0.1, 0.15) is 0 Å². The number of nitrogens with two attached hydrogens (primary N) is 2. The van der Waals surface area contributed by atoms with E-state index in [0.717, 1.165) is 0 Å². The minimum Gasteiger partial charge on any atom is -0.398 e. The smallest absolute Gasteiger partial charge is 0.175 e. The number of fused-ring (bicyclic) bond motifs is 1. The maximum absolute atomic E-state index is 5.57. The van der Waals surface area contributed by atoms with E-state index >= 15 is 0 Å². The molecule has 2 aromatic heterocycles. The highest BCUT2D eigenvalue weighted by Gasteiger charge is 2.10. The average Bonchev–Trinajstić information content (AvgIpc) is 2.52. The van der Waals surface area contributed by atoms with Crippen molar-refractivity contribution in [3.63, 3.8) is 0 Å². The van der Waals surface area contributed by atoms with Crippen molar-refractivity contribution in [2.24, 2.45) is 0 Å². The molecule has 0 aliphatic heterocycles. The lowest BCUT2D eigenvalue weighted by atomic mass is 10.5. The van der Waals surface area contributed by atoms with Gasteiger partial charge in [0.25, 0.3) is 0 Å². The fourth-order valence-corrected chi connectivity index (χ4v) is 1.05. The molecule has 4 N–H and O–H groups in total. The Morgan fingerprint density at radius 2 is 2.25 bits per heavy atom. The van der Waals surface area contributed by atoms with Crippen LogP contribution in [0.3, 0.4) is 0 Å². The zero-order valence-electron chi connectivity index (χ0n) is 6.43. The third-order valence-corrected chi connectivity index (χ3v) is 1.57. The van der Waals surface area contributed by atoms with Crippen molar-refractivity contribution in [2.45, 2.75) is 0 Å². The maximum atomic E-state index is 5.57. The van der Waals surface area contributed by atoms with Gasteiger partial charge >= 0.3 is 0 Å². The SMILES string of the molecule is COn1c(N)cc2c(N)nnn21. The van der Waals surface area contributed by atoms with Crippen LogP contribution < -0.4 is 16.3 Å². The Morgan fingerprint density at radius 1 is 1.50 bits per heavy atom. The second-order valence-electron chi connectivity index (χ2n) is 2.27. The normalized spacial score (nSPS) is 10.8. The van der Waals surface area contributed by atoms with Crippen molar-refractivity contribution in [3.8, 4) is 0 Å². The predicted molar refractivity (Wildman–Crippen MR) is 42.3 cm³/mol. The number of hydrogen-bond donors (Lipinski definition) is 2. The summed E-state index contributed by atoms with van der Waals surface area (Å²) in [5.41, 5.74) is 11.7. The zero-order valence-corrected chi connectivity index (χ0v) is 6.43. The third-order valence-electron chi connectivity index (χ3n) is 1.57. The number of aromatic nitrogens is 4. The van der Waals surface area contributed by atoms with E-state index in [1.165, 1.54) is 16.6 Å². The first-order chi connectivity index (χ1) is 5.74. The topological polar surface area (TPSA) is 96.4 Å². The summed E-state index contributed by atoms with van der Waals surface area (Å²) in [7, 11) is 1.48. The van der Waals surface area contributed by atoms with Gasteiger partial charge in [0.15, 0.2) is 11.6 Å². The Balaban J connectivity index is 2.82. The molecule has 2 aromatic rings. The molecule has 0 aliphatic carbocycles. The van der Waals surface area contributed by atoms with Crippen molar-refractivity contribution in [3.05, 3.63) is 6.07 Å². The van der Waals surface area contributed by atoms with Crippen LogP contribution in [-0.2, 0) is 0 Å². The highest BCUT2D eigenvalue weighted by atomic mass is 16.7. The lowest BCUT2D eigenvalue weighted by Gasteiger charge is -2.00. The van der Waals surface area contributed by atoms with Crippen LogP contribution in [0.4, 0.5) is 11.6 Å². The molecule has 12 heavy (non-hydrogen) atoms. The summed E-state index contributed by atoms with van der Waals surface area (Å²) in [6.45, 7) is 0. The molecule has 0 fully saturated rings. The van der Waals surface area contributed by atoms with Gasteiger partial charge in [-0.15, -0.1) is 9.73 Å². The van der Waals surface area contributed by atoms with E-state index in [-0.39, 0.29) is 0 Å². The Bertz CT molecular complexity index is 415. The molecule has 0 radical (unpaired) electrons. The molecule has 7 heteroatoms. The number of nitrogens with zero attached hydrogens (tertiary/aromatic N) is 4. The number of anilines is 2. The summed E-state index contributed by atoms with van der Waals surface area (Å²) in [6.07, 6.45) is 0. The summed E-state index contributed by atoms with van der Waals surface area (Å²) < 4.78 is 1.38. The summed E-state index contributed by atoms with van der Waals surface area (Å²) in [6, 6.07) is 1.64. The van der Waals surface area contributed by atoms with Gasteiger partial charge in [0.05, 0.1) is 0 Å². The maximum Gasteiger partial charge on any atom is 0.175 e. The lowest BCUT2D eigenvalue weighted by Crippen LogP contribution is -2.15. The standard InChI is InChI=1S/C5H8N6O/c1-12-11-4(6)2-3-5(7)8-9-10(3)11/h2H,6-7H2,1H3. The quantitative estimate of drug-likeness (QED) is 0.554. The largest absolute Gasteiger partial charge is 0.398 e. The van der Waals surface area contributed by atoms with Crippen molar-refractivity contribution >= 4 is 17.2 Å². The van der Waals surface area contributed by atoms with Gasteiger partial charge in [-0.05, 0) is 5.21 Å². The summed E-state index contributed by atoms with van der Waals surface area (Å²) in [5, 5.41) is 7.35. The van der Waals surface area contributed by atoms with E-state index < -0.39 is 0 Å². The monoisotopic (exact) mass is 168 g/mol. The molecule has 0 atom stereocenters. The van der Waals surface area contributed by atoms with E-state index in [1.54, 1.807) is 6.07 Å². The van der Waals surface area contributed by atoms with Crippen molar-refractivity contribution in [1.29, 1.82) is 0 Å². The molecule has 0 saturated heterocycles. The first-order valence-corrected chi connectivity index (χ1v) is 3.27. The minimum atomic E-state index is 0.331. The van der Waals surface area contributed by atoms with Crippen molar-refractivity contribution in [1.82, 2.24) is 19.8 Å². The Morgan fingerprint density at radius 3 is 2.92 bits per heavy atom. The van der Waals surface area contributed by atoms with Crippen LogP contribution in [0.15, 0.2) is 6.07 Å². The predicted octanol–water partition coefficient (Wildman–Crippen LogP) is -1.25. The van der Waals surface area contributed by atoms with Gasteiger partial charge in [-0.1, -0.05) is 4.85 Å². The molecule has 0 amide bonds. The van der Waals surface area contributed by atoms with Gasteiger partial charge in [-0.25, -0.2) is 0 Å². The molecule has 0 unspecified atom stereocenters. The number of rotatable bonds is 1. The summed E-state index contributed by atoms with van der Waals surface area (Å²) >= 11 is 0. The van der Waals surface area contributed by atoms with E-state index in [2.05, 4.69) is 10.3 Å². The van der Waals surface area contributed by atoms with Crippen LogP contribution in [0.25, 0.3) is 5.52 Å². The molecule has 0 saturated carbocycles. The summed E-state index contributed by atoms with van der Waals surface area (Å²) in [4.78, 5) is 6.20. The highest BCUT2D eigenvalue weighted by Crippen LogP contribution is 2.14. The Hall–Kier alpha value is -1.92. The second kappa shape index (κ2) is 2.03. The Kier molecular flexibility index (Phi) is 1.15. The zero-order chi connectivity index (χ0) is 8.72. The van der Waals surface area contributed by atoms with Crippen molar-refractivity contribution < 1.29 is 4.84 Å².